The SMILES string of the molecule is NC(Cc1ccc(Cl)c(Cl)c1)CN1CCCCCC1. The van der Waals surface area contributed by atoms with E-state index < -0.39 is 0 Å². The fourth-order valence-electron chi connectivity index (χ4n) is 2.68. The van der Waals surface area contributed by atoms with Gasteiger partial charge in [0.2, 0.25) is 0 Å². The summed E-state index contributed by atoms with van der Waals surface area (Å²) in [6, 6.07) is 5.94. The predicted molar refractivity (Wildman–Crippen MR) is 83.0 cm³/mol. The monoisotopic (exact) mass is 300 g/mol. The Balaban J connectivity index is 1.85. The van der Waals surface area contributed by atoms with E-state index in [1.165, 1.54) is 38.8 Å². The Kier molecular flexibility index (Phi) is 5.96. The van der Waals surface area contributed by atoms with Crippen LogP contribution in [0.15, 0.2) is 18.2 Å². The van der Waals surface area contributed by atoms with Crippen molar-refractivity contribution in [3.63, 3.8) is 0 Å². The van der Waals surface area contributed by atoms with Crippen LogP contribution in [0.4, 0.5) is 0 Å². The van der Waals surface area contributed by atoms with Crippen LogP contribution in [0, 0.1) is 0 Å². The molecule has 2 nitrogen and oxygen atoms in total. The molecule has 1 unspecified atom stereocenters. The van der Waals surface area contributed by atoms with Crippen LogP contribution in [0.5, 0.6) is 0 Å². The summed E-state index contributed by atoms with van der Waals surface area (Å²) < 4.78 is 0. The zero-order valence-electron chi connectivity index (χ0n) is 11.2. The van der Waals surface area contributed by atoms with Crippen molar-refractivity contribution in [3.8, 4) is 0 Å². The van der Waals surface area contributed by atoms with Gasteiger partial charge in [0.1, 0.15) is 0 Å². The van der Waals surface area contributed by atoms with E-state index in [1.54, 1.807) is 0 Å². The van der Waals surface area contributed by atoms with Gasteiger partial charge >= 0.3 is 0 Å². The molecule has 0 aliphatic carbocycles. The molecule has 1 aromatic rings. The highest BCUT2D eigenvalue weighted by Crippen LogP contribution is 2.23. The van der Waals surface area contributed by atoms with Crippen LogP contribution < -0.4 is 5.73 Å². The van der Waals surface area contributed by atoms with Crippen LogP contribution in [0.3, 0.4) is 0 Å². The lowest BCUT2D eigenvalue weighted by Gasteiger charge is -2.24. The van der Waals surface area contributed by atoms with E-state index in [0.29, 0.717) is 10.0 Å². The summed E-state index contributed by atoms with van der Waals surface area (Å²) >= 11 is 11.9. The van der Waals surface area contributed by atoms with Gasteiger partial charge in [-0.2, -0.15) is 0 Å². The average Bonchev–Trinajstić information content (AvgIpc) is 2.62. The Labute approximate surface area is 125 Å². The van der Waals surface area contributed by atoms with Crippen molar-refractivity contribution in [2.24, 2.45) is 5.73 Å². The first kappa shape index (κ1) is 15.1. The van der Waals surface area contributed by atoms with E-state index in [4.69, 9.17) is 28.9 Å². The number of benzene rings is 1. The Morgan fingerprint density at radius 2 is 1.74 bits per heavy atom. The fourth-order valence-corrected chi connectivity index (χ4v) is 3.00. The van der Waals surface area contributed by atoms with Gasteiger partial charge in [0.05, 0.1) is 10.0 Å². The van der Waals surface area contributed by atoms with E-state index in [9.17, 15) is 0 Å². The first-order valence-corrected chi connectivity index (χ1v) is 7.82. The van der Waals surface area contributed by atoms with Gasteiger partial charge in [-0.25, -0.2) is 0 Å². The lowest BCUT2D eigenvalue weighted by molar-refractivity contribution is 0.266. The van der Waals surface area contributed by atoms with Crippen LogP contribution in [-0.2, 0) is 6.42 Å². The van der Waals surface area contributed by atoms with E-state index in [-0.39, 0.29) is 6.04 Å². The number of halogens is 2. The maximum absolute atomic E-state index is 6.26. The molecule has 106 valence electrons. The molecule has 1 fully saturated rings. The Bertz CT molecular complexity index is 401. The van der Waals surface area contributed by atoms with Crippen LogP contribution in [0.25, 0.3) is 0 Å². The van der Waals surface area contributed by atoms with Crippen molar-refractivity contribution >= 4 is 23.2 Å². The van der Waals surface area contributed by atoms with Crippen molar-refractivity contribution in [2.45, 2.75) is 38.1 Å². The van der Waals surface area contributed by atoms with Crippen molar-refractivity contribution in [1.29, 1.82) is 0 Å². The Hall–Kier alpha value is -0.280. The third kappa shape index (κ3) is 4.96. The minimum atomic E-state index is 0.162. The normalized spacial score (nSPS) is 19.1. The van der Waals surface area contributed by atoms with Gasteiger partial charge in [0.25, 0.3) is 0 Å². The van der Waals surface area contributed by atoms with Crippen LogP contribution in [-0.4, -0.2) is 30.6 Å². The summed E-state index contributed by atoms with van der Waals surface area (Å²) in [6.07, 6.45) is 6.18. The Morgan fingerprint density at radius 3 is 2.37 bits per heavy atom. The molecule has 1 aliphatic heterocycles. The third-order valence-corrected chi connectivity index (χ3v) is 4.41. The molecule has 1 aromatic carbocycles. The second kappa shape index (κ2) is 7.49. The molecular weight excluding hydrogens is 279 g/mol. The van der Waals surface area contributed by atoms with E-state index in [2.05, 4.69) is 4.90 Å². The summed E-state index contributed by atoms with van der Waals surface area (Å²) in [4.78, 5) is 2.50. The maximum Gasteiger partial charge on any atom is 0.0595 e. The fraction of sp³-hybridized carbons (Fsp3) is 0.600. The number of likely N-dealkylation sites (tertiary alicyclic amines) is 1. The maximum atomic E-state index is 6.26. The molecule has 1 aliphatic rings. The van der Waals surface area contributed by atoms with Crippen molar-refractivity contribution in [2.75, 3.05) is 19.6 Å². The van der Waals surface area contributed by atoms with E-state index >= 15 is 0 Å². The summed E-state index contributed by atoms with van der Waals surface area (Å²) in [5.74, 6) is 0. The molecule has 2 N–H and O–H groups in total. The Morgan fingerprint density at radius 1 is 1.05 bits per heavy atom. The second-order valence-electron chi connectivity index (χ2n) is 5.43. The summed E-state index contributed by atoms with van der Waals surface area (Å²) in [5.41, 5.74) is 7.42. The van der Waals surface area contributed by atoms with Crippen molar-refractivity contribution in [3.05, 3.63) is 33.8 Å². The van der Waals surface area contributed by atoms with Gasteiger partial charge in [-0.3, -0.25) is 0 Å². The minimum absolute atomic E-state index is 0.162. The van der Waals surface area contributed by atoms with Crippen molar-refractivity contribution in [1.82, 2.24) is 4.90 Å². The minimum Gasteiger partial charge on any atom is -0.326 e. The topological polar surface area (TPSA) is 29.3 Å². The lowest BCUT2D eigenvalue weighted by Crippen LogP contribution is -2.39. The van der Waals surface area contributed by atoms with Crippen LogP contribution in [0.2, 0.25) is 10.0 Å². The largest absolute Gasteiger partial charge is 0.326 e. The molecule has 0 bridgehead atoms. The molecule has 19 heavy (non-hydrogen) atoms. The molecule has 0 radical (unpaired) electrons. The highest BCUT2D eigenvalue weighted by Gasteiger charge is 2.13. The van der Waals surface area contributed by atoms with Gasteiger partial charge in [-0.1, -0.05) is 42.1 Å². The first-order chi connectivity index (χ1) is 9.15. The standard InChI is InChI=1S/C15H22Cl2N2/c16-14-6-5-12(10-15(14)17)9-13(18)11-19-7-3-1-2-4-8-19/h5-6,10,13H,1-4,7-9,11,18H2. The summed E-state index contributed by atoms with van der Waals surface area (Å²) in [6.45, 7) is 3.35. The molecule has 1 saturated heterocycles. The molecule has 2 rings (SSSR count). The smallest absolute Gasteiger partial charge is 0.0595 e. The zero-order valence-corrected chi connectivity index (χ0v) is 12.8. The predicted octanol–water partition coefficient (Wildman–Crippen LogP) is 3.74. The average molecular weight is 301 g/mol. The second-order valence-corrected chi connectivity index (χ2v) is 6.24. The lowest BCUT2D eigenvalue weighted by atomic mass is 10.1. The van der Waals surface area contributed by atoms with Crippen molar-refractivity contribution < 1.29 is 0 Å². The number of hydrogen-bond acceptors (Lipinski definition) is 2. The highest BCUT2D eigenvalue weighted by atomic mass is 35.5. The molecule has 0 spiro atoms. The third-order valence-electron chi connectivity index (χ3n) is 3.67. The van der Waals surface area contributed by atoms with Crippen LogP contribution >= 0.6 is 23.2 Å². The van der Waals surface area contributed by atoms with Gasteiger partial charge < -0.3 is 10.6 Å². The van der Waals surface area contributed by atoms with E-state index in [1.807, 2.05) is 18.2 Å². The molecule has 1 heterocycles. The highest BCUT2D eigenvalue weighted by molar-refractivity contribution is 6.42. The molecule has 0 saturated carbocycles. The number of hydrogen-bond donors (Lipinski definition) is 1. The van der Waals surface area contributed by atoms with Gasteiger partial charge in [-0.15, -0.1) is 0 Å². The van der Waals surface area contributed by atoms with Gasteiger partial charge in [-0.05, 0) is 50.0 Å². The van der Waals surface area contributed by atoms with Crippen LogP contribution in [0.1, 0.15) is 31.2 Å². The van der Waals surface area contributed by atoms with Gasteiger partial charge in [0.15, 0.2) is 0 Å². The summed E-state index contributed by atoms with van der Waals surface area (Å²) in [7, 11) is 0. The molecule has 1 atom stereocenters. The molecule has 0 aromatic heterocycles. The number of nitrogens with two attached hydrogens (primary N) is 1. The number of rotatable bonds is 4. The molecular formula is C15H22Cl2N2. The molecule has 4 heteroatoms. The molecule has 0 amide bonds. The first-order valence-electron chi connectivity index (χ1n) is 7.07. The quantitative estimate of drug-likeness (QED) is 0.918. The number of nitrogens with zero attached hydrogens (tertiary/aromatic N) is 1. The summed E-state index contributed by atoms with van der Waals surface area (Å²) in [5, 5.41) is 1.22. The van der Waals surface area contributed by atoms with Gasteiger partial charge in [0, 0.05) is 12.6 Å². The van der Waals surface area contributed by atoms with E-state index in [0.717, 1.165) is 18.5 Å². The zero-order chi connectivity index (χ0) is 13.7.